The predicted octanol–water partition coefficient (Wildman–Crippen LogP) is 6.17. The summed E-state index contributed by atoms with van der Waals surface area (Å²) in [5, 5.41) is 1.70. The second-order valence-corrected chi connectivity index (χ2v) is 7.90. The van der Waals surface area contributed by atoms with E-state index >= 15 is 0 Å². The topological polar surface area (TPSA) is 25.2 Å². The fraction of sp³-hybridized carbons (Fsp3) is 0.318. The molecule has 3 nitrogen and oxygen atoms in total. The summed E-state index contributed by atoms with van der Waals surface area (Å²) in [6.07, 6.45) is 2.94. The Morgan fingerprint density at radius 1 is 1.15 bits per heavy atom. The zero-order valence-electron chi connectivity index (χ0n) is 16.2. The highest BCUT2D eigenvalue weighted by molar-refractivity contribution is 7.98. The molecule has 5 heteroatoms. The summed E-state index contributed by atoms with van der Waals surface area (Å²) >= 11 is 7.86. The largest absolute Gasteiger partial charge is 0.340 e. The first-order valence-corrected chi connectivity index (χ1v) is 10.8. The molecule has 0 fully saturated rings. The van der Waals surface area contributed by atoms with Crippen molar-refractivity contribution in [2.45, 2.75) is 31.2 Å². The first-order chi connectivity index (χ1) is 13.0. The first-order valence-electron chi connectivity index (χ1n) is 9.20. The van der Waals surface area contributed by atoms with Gasteiger partial charge in [-0.25, -0.2) is 0 Å². The van der Waals surface area contributed by atoms with E-state index in [4.69, 9.17) is 11.6 Å². The molecule has 1 aromatic heterocycles. The summed E-state index contributed by atoms with van der Waals surface area (Å²) in [5.41, 5.74) is 2.83. The Balaban J connectivity index is 1.98. The summed E-state index contributed by atoms with van der Waals surface area (Å²) < 4.78 is 1.94. The molecule has 0 N–H and O–H groups in total. The average molecular weight is 401 g/mol. The third-order valence-electron chi connectivity index (χ3n) is 5.09. The molecule has 3 aromatic rings. The Morgan fingerprint density at radius 3 is 2.44 bits per heavy atom. The minimum absolute atomic E-state index is 0.0492. The van der Waals surface area contributed by atoms with Crippen LogP contribution in [0.2, 0.25) is 5.02 Å². The minimum atomic E-state index is 0.0492. The standard InChI is InChI=1S/C22H25ClN2OS/c1-5-19(15-8-11-18(27-4)12-9-15)25(6-2)22(26)21-13-16-7-10-17(23)14-20(16)24(21)3/h7-14,19H,5-6H2,1-4H3. The molecule has 0 aliphatic rings. The maximum Gasteiger partial charge on any atom is 0.271 e. The number of rotatable bonds is 6. The molecule has 0 aliphatic carbocycles. The van der Waals surface area contributed by atoms with E-state index in [1.165, 1.54) is 10.5 Å². The number of nitrogens with zero attached hydrogens (tertiary/aromatic N) is 2. The molecule has 0 saturated carbocycles. The normalized spacial score (nSPS) is 12.3. The van der Waals surface area contributed by atoms with Crippen LogP contribution in [0.25, 0.3) is 10.9 Å². The average Bonchev–Trinajstić information content (AvgIpc) is 3.02. The molecule has 3 rings (SSSR count). The molecule has 0 bridgehead atoms. The summed E-state index contributed by atoms with van der Waals surface area (Å²) in [5.74, 6) is 0.0492. The van der Waals surface area contributed by atoms with Gasteiger partial charge in [-0.3, -0.25) is 4.79 Å². The SMILES string of the molecule is CCC(c1ccc(SC)cc1)N(CC)C(=O)c1cc2ccc(Cl)cc2n1C. The van der Waals surface area contributed by atoms with Gasteiger partial charge in [0, 0.05) is 34.4 Å². The van der Waals surface area contributed by atoms with Gasteiger partial charge in [0.2, 0.25) is 0 Å². The van der Waals surface area contributed by atoms with Crippen LogP contribution in [0.15, 0.2) is 53.4 Å². The van der Waals surface area contributed by atoms with Crippen LogP contribution in [0.4, 0.5) is 0 Å². The lowest BCUT2D eigenvalue weighted by molar-refractivity contribution is 0.0673. The van der Waals surface area contributed by atoms with Gasteiger partial charge in [-0.15, -0.1) is 11.8 Å². The van der Waals surface area contributed by atoms with Crippen molar-refractivity contribution in [1.29, 1.82) is 0 Å². The van der Waals surface area contributed by atoms with Gasteiger partial charge in [0.1, 0.15) is 5.69 Å². The number of benzene rings is 2. The van der Waals surface area contributed by atoms with Crippen molar-refractivity contribution < 1.29 is 4.79 Å². The Bertz CT molecular complexity index is 949. The van der Waals surface area contributed by atoms with Gasteiger partial charge in [0.15, 0.2) is 0 Å². The third kappa shape index (κ3) is 3.87. The predicted molar refractivity (Wildman–Crippen MR) is 116 cm³/mol. The summed E-state index contributed by atoms with van der Waals surface area (Å²) in [6.45, 7) is 4.82. The lowest BCUT2D eigenvalue weighted by Gasteiger charge is -2.31. The molecule has 1 unspecified atom stereocenters. The Labute approximate surface area is 170 Å². The molecule has 0 radical (unpaired) electrons. The fourth-order valence-corrected chi connectivity index (χ4v) is 4.20. The molecule has 0 spiro atoms. The van der Waals surface area contributed by atoms with E-state index in [0.29, 0.717) is 17.3 Å². The summed E-state index contributed by atoms with van der Waals surface area (Å²) in [4.78, 5) is 16.6. The molecule has 0 saturated heterocycles. The molecule has 142 valence electrons. The van der Waals surface area contributed by atoms with E-state index in [1.807, 2.05) is 47.7 Å². The molecule has 2 aromatic carbocycles. The number of halogens is 1. The van der Waals surface area contributed by atoms with Gasteiger partial charge < -0.3 is 9.47 Å². The molecule has 1 heterocycles. The van der Waals surface area contributed by atoms with Gasteiger partial charge in [-0.2, -0.15) is 0 Å². The van der Waals surface area contributed by atoms with Crippen LogP contribution in [-0.4, -0.2) is 28.2 Å². The second-order valence-electron chi connectivity index (χ2n) is 6.58. The number of aromatic nitrogens is 1. The minimum Gasteiger partial charge on any atom is -0.340 e. The van der Waals surface area contributed by atoms with Crippen molar-refractivity contribution in [1.82, 2.24) is 9.47 Å². The van der Waals surface area contributed by atoms with Gasteiger partial charge >= 0.3 is 0 Å². The molecule has 0 aliphatic heterocycles. The van der Waals surface area contributed by atoms with E-state index in [9.17, 15) is 4.79 Å². The van der Waals surface area contributed by atoms with E-state index < -0.39 is 0 Å². The maximum atomic E-state index is 13.4. The van der Waals surface area contributed by atoms with Gasteiger partial charge in [0.25, 0.3) is 5.91 Å². The smallest absolute Gasteiger partial charge is 0.271 e. The van der Waals surface area contributed by atoms with E-state index in [0.717, 1.165) is 17.3 Å². The summed E-state index contributed by atoms with van der Waals surface area (Å²) in [6, 6.07) is 16.3. The number of hydrogen-bond acceptors (Lipinski definition) is 2. The maximum absolute atomic E-state index is 13.4. The number of fused-ring (bicyclic) bond motifs is 1. The first kappa shape index (κ1) is 19.8. The highest BCUT2D eigenvalue weighted by atomic mass is 35.5. The van der Waals surface area contributed by atoms with Crippen molar-refractivity contribution in [3.63, 3.8) is 0 Å². The highest BCUT2D eigenvalue weighted by Gasteiger charge is 2.26. The van der Waals surface area contributed by atoms with Crippen LogP contribution in [0.3, 0.4) is 0 Å². The van der Waals surface area contributed by atoms with Crippen LogP contribution in [0.5, 0.6) is 0 Å². The van der Waals surface area contributed by atoms with Crippen LogP contribution in [0.1, 0.15) is 42.4 Å². The van der Waals surface area contributed by atoms with Gasteiger partial charge in [-0.05, 0) is 55.5 Å². The van der Waals surface area contributed by atoms with Gasteiger partial charge in [-0.1, -0.05) is 36.7 Å². The van der Waals surface area contributed by atoms with Gasteiger partial charge in [0.05, 0.1) is 6.04 Å². The number of hydrogen-bond donors (Lipinski definition) is 0. The quantitative estimate of drug-likeness (QED) is 0.462. The fourth-order valence-electron chi connectivity index (χ4n) is 3.62. The molecule has 1 amide bonds. The van der Waals surface area contributed by atoms with Crippen molar-refractivity contribution in [3.8, 4) is 0 Å². The van der Waals surface area contributed by atoms with E-state index in [-0.39, 0.29) is 11.9 Å². The van der Waals surface area contributed by atoms with Crippen LogP contribution < -0.4 is 0 Å². The van der Waals surface area contributed by atoms with Crippen LogP contribution in [-0.2, 0) is 7.05 Å². The number of carbonyl (C=O) groups excluding carboxylic acids is 1. The number of carbonyl (C=O) groups is 1. The Morgan fingerprint density at radius 2 is 1.85 bits per heavy atom. The zero-order valence-corrected chi connectivity index (χ0v) is 17.8. The second kappa shape index (κ2) is 8.41. The van der Waals surface area contributed by atoms with E-state index in [2.05, 4.69) is 37.4 Å². The molecular weight excluding hydrogens is 376 g/mol. The van der Waals surface area contributed by atoms with E-state index in [1.54, 1.807) is 11.8 Å². The molecular formula is C22H25ClN2OS. The monoisotopic (exact) mass is 400 g/mol. The Hall–Kier alpha value is -1.91. The number of amides is 1. The van der Waals surface area contributed by atoms with Crippen LogP contribution in [0, 0.1) is 0 Å². The molecule has 1 atom stereocenters. The lowest BCUT2D eigenvalue weighted by Crippen LogP contribution is -2.35. The van der Waals surface area contributed by atoms with Crippen LogP contribution >= 0.6 is 23.4 Å². The van der Waals surface area contributed by atoms with Crippen molar-refractivity contribution in [2.24, 2.45) is 7.05 Å². The van der Waals surface area contributed by atoms with Crippen molar-refractivity contribution in [3.05, 3.63) is 64.8 Å². The molecule has 27 heavy (non-hydrogen) atoms. The highest BCUT2D eigenvalue weighted by Crippen LogP contribution is 2.29. The zero-order chi connectivity index (χ0) is 19.6. The number of aryl methyl sites for hydroxylation is 1. The van der Waals surface area contributed by atoms with Crippen molar-refractivity contribution >= 4 is 40.2 Å². The summed E-state index contributed by atoms with van der Waals surface area (Å²) in [7, 11) is 1.92. The number of thioether (sulfide) groups is 1. The Kier molecular flexibility index (Phi) is 6.18. The third-order valence-corrected chi connectivity index (χ3v) is 6.07. The van der Waals surface area contributed by atoms with Crippen molar-refractivity contribution in [2.75, 3.05) is 12.8 Å². The lowest BCUT2D eigenvalue weighted by atomic mass is 10.0.